The molecule has 9 heteroatoms. The van der Waals surface area contributed by atoms with Crippen molar-refractivity contribution in [1.29, 1.82) is 0 Å². The molecule has 0 bridgehead atoms. The first kappa shape index (κ1) is 20.5. The van der Waals surface area contributed by atoms with E-state index in [9.17, 15) is 0 Å². The fourth-order valence-electron chi connectivity index (χ4n) is 3.33. The Hall–Kier alpha value is -1.78. The molecule has 1 fully saturated rings. The highest BCUT2D eigenvalue weighted by Gasteiger charge is 2.20. The number of ether oxygens (including phenoxy) is 2. The van der Waals surface area contributed by atoms with Crippen molar-refractivity contribution in [1.82, 2.24) is 14.7 Å². The molecule has 0 spiro atoms. The molecule has 0 radical (unpaired) electrons. The normalized spacial score (nSPS) is 16.4. The highest BCUT2D eigenvalue weighted by Crippen LogP contribution is 2.24. The second kappa shape index (κ2) is 9.82. The zero-order valence-electron chi connectivity index (χ0n) is 16.2. The maximum Gasteiger partial charge on any atom is 0.209 e. The maximum atomic E-state index is 5.86. The number of nitrogens with one attached hydrogen (secondary N) is 1. The van der Waals surface area contributed by atoms with Crippen molar-refractivity contribution in [2.45, 2.75) is 32.2 Å². The van der Waals surface area contributed by atoms with Gasteiger partial charge in [-0.2, -0.15) is 0 Å². The van der Waals surface area contributed by atoms with Gasteiger partial charge in [-0.25, -0.2) is 4.68 Å². The lowest BCUT2D eigenvalue weighted by Gasteiger charge is -2.24. The Balaban J connectivity index is 1.47. The number of benzene rings is 1. The second-order valence-electron chi connectivity index (χ2n) is 6.90. The Bertz CT molecular complexity index is 964. The molecular weight excluding hydrogens is 424 g/mol. The predicted molar refractivity (Wildman–Crippen MR) is 121 cm³/mol. The minimum Gasteiger partial charge on any atom is -0.497 e. The Labute approximate surface area is 183 Å². The molecule has 4 rings (SSSR count). The molecule has 0 aliphatic carbocycles. The lowest BCUT2D eigenvalue weighted by molar-refractivity contribution is 0.0573. The van der Waals surface area contributed by atoms with E-state index < -0.39 is 0 Å². The van der Waals surface area contributed by atoms with Crippen LogP contribution in [0.1, 0.15) is 17.7 Å². The summed E-state index contributed by atoms with van der Waals surface area (Å²) >= 11 is 8.84. The second-order valence-corrected chi connectivity index (χ2v) is 9.55. The van der Waals surface area contributed by atoms with Crippen LogP contribution >= 0.6 is 34.9 Å². The molecule has 0 unspecified atom stereocenters. The molecule has 1 N–H and O–H groups in total. The van der Waals surface area contributed by atoms with E-state index >= 15 is 0 Å². The third-order valence-corrected chi connectivity index (χ3v) is 6.79. The summed E-state index contributed by atoms with van der Waals surface area (Å²) in [7, 11) is 1.66. The standard InChI is InChI=1S/C20H24N4O2S3/c1-25-16-6-2-5-15(11-16)21-19-22-24(20(27)29-19)14-23(12-17-7-3-9-26-17)13-18-8-4-10-28-18/h2,4-6,8,10-11,17H,3,7,9,12-14H2,1H3,(H,21,22)/t17-/m0/s1. The molecule has 3 heterocycles. The molecule has 1 aromatic carbocycles. The largest absolute Gasteiger partial charge is 0.497 e. The lowest BCUT2D eigenvalue weighted by atomic mass is 10.2. The quantitative estimate of drug-likeness (QED) is 0.458. The van der Waals surface area contributed by atoms with Crippen LogP contribution in [0.3, 0.4) is 0 Å². The number of thiophene rings is 1. The number of aromatic nitrogens is 2. The van der Waals surface area contributed by atoms with Gasteiger partial charge in [0, 0.05) is 36.3 Å². The fraction of sp³-hybridized carbons (Fsp3) is 0.400. The molecule has 0 amide bonds. The van der Waals surface area contributed by atoms with Crippen LogP contribution in [0.25, 0.3) is 0 Å². The number of hydrogen-bond donors (Lipinski definition) is 1. The van der Waals surface area contributed by atoms with Crippen molar-refractivity contribution in [2.24, 2.45) is 0 Å². The van der Waals surface area contributed by atoms with Gasteiger partial charge >= 0.3 is 0 Å². The van der Waals surface area contributed by atoms with Crippen molar-refractivity contribution < 1.29 is 9.47 Å². The molecule has 0 saturated carbocycles. The first-order chi connectivity index (χ1) is 14.2. The minimum atomic E-state index is 0.289. The van der Waals surface area contributed by atoms with Gasteiger partial charge in [-0.05, 0) is 48.6 Å². The third kappa shape index (κ3) is 5.64. The molecule has 1 aliphatic rings. The van der Waals surface area contributed by atoms with Crippen LogP contribution < -0.4 is 10.1 Å². The van der Waals surface area contributed by atoms with Crippen LogP contribution in [0.2, 0.25) is 0 Å². The van der Waals surface area contributed by atoms with E-state index in [2.05, 4.69) is 27.7 Å². The molecule has 154 valence electrons. The number of nitrogens with zero attached hydrogens (tertiary/aromatic N) is 3. The Morgan fingerprint density at radius 3 is 3.07 bits per heavy atom. The summed E-state index contributed by atoms with van der Waals surface area (Å²) in [6.45, 7) is 3.26. The maximum absolute atomic E-state index is 5.86. The molecule has 29 heavy (non-hydrogen) atoms. The van der Waals surface area contributed by atoms with E-state index in [1.54, 1.807) is 18.4 Å². The van der Waals surface area contributed by atoms with E-state index in [0.717, 1.165) is 53.1 Å². The molecule has 1 aliphatic heterocycles. The van der Waals surface area contributed by atoms with Gasteiger partial charge in [-0.3, -0.25) is 4.90 Å². The van der Waals surface area contributed by atoms with E-state index in [1.807, 2.05) is 28.9 Å². The van der Waals surface area contributed by atoms with Crippen LogP contribution in [0, 0.1) is 3.95 Å². The monoisotopic (exact) mass is 448 g/mol. The molecule has 1 saturated heterocycles. The Morgan fingerprint density at radius 2 is 2.31 bits per heavy atom. The third-order valence-electron chi connectivity index (χ3n) is 4.71. The predicted octanol–water partition coefficient (Wildman–Crippen LogP) is 5.13. The number of hydrogen-bond acceptors (Lipinski definition) is 8. The van der Waals surface area contributed by atoms with E-state index in [1.165, 1.54) is 16.2 Å². The van der Waals surface area contributed by atoms with Crippen molar-refractivity contribution >= 4 is 45.7 Å². The van der Waals surface area contributed by atoms with Crippen molar-refractivity contribution in [3.63, 3.8) is 0 Å². The highest BCUT2D eigenvalue weighted by atomic mass is 32.1. The number of methoxy groups -OCH3 is 1. The summed E-state index contributed by atoms with van der Waals surface area (Å²) in [6.07, 6.45) is 2.55. The topological polar surface area (TPSA) is 51.5 Å². The zero-order chi connectivity index (χ0) is 20.1. The van der Waals surface area contributed by atoms with E-state index in [-0.39, 0.29) is 6.10 Å². The van der Waals surface area contributed by atoms with Crippen molar-refractivity contribution in [3.05, 3.63) is 50.6 Å². The van der Waals surface area contributed by atoms with Crippen LogP contribution in [0.5, 0.6) is 5.75 Å². The first-order valence-corrected chi connectivity index (χ1v) is 11.7. The van der Waals surface area contributed by atoms with E-state index in [0.29, 0.717) is 6.67 Å². The number of rotatable bonds is 9. The van der Waals surface area contributed by atoms with Gasteiger partial charge in [-0.15, -0.1) is 16.4 Å². The lowest BCUT2D eigenvalue weighted by Crippen LogP contribution is -2.33. The van der Waals surface area contributed by atoms with Gasteiger partial charge in [-0.1, -0.05) is 23.5 Å². The van der Waals surface area contributed by atoms with Gasteiger partial charge in [0.25, 0.3) is 0 Å². The molecule has 1 atom stereocenters. The molecule has 6 nitrogen and oxygen atoms in total. The highest BCUT2D eigenvalue weighted by molar-refractivity contribution is 7.73. The van der Waals surface area contributed by atoms with Gasteiger partial charge in [0.15, 0.2) is 3.95 Å². The van der Waals surface area contributed by atoms with Gasteiger partial charge in [0.2, 0.25) is 5.13 Å². The van der Waals surface area contributed by atoms with Gasteiger partial charge in [0.05, 0.1) is 19.9 Å². The van der Waals surface area contributed by atoms with Crippen molar-refractivity contribution in [3.8, 4) is 5.75 Å². The summed E-state index contributed by atoms with van der Waals surface area (Å²) in [5.41, 5.74) is 0.926. The van der Waals surface area contributed by atoms with E-state index in [4.69, 9.17) is 26.8 Å². The Morgan fingerprint density at radius 1 is 1.38 bits per heavy atom. The zero-order valence-corrected chi connectivity index (χ0v) is 18.7. The minimum absolute atomic E-state index is 0.289. The van der Waals surface area contributed by atoms with Crippen LogP contribution in [-0.4, -0.2) is 41.0 Å². The molecule has 3 aromatic rings. The first-order valence-electron chi connectivity index (χ1n) is 9.55. The molecule has 2 aromatic heterocycles. The summed E-state index contributed by atoms with van der Waals surface area (Å²) < 4.78 is 13.8. The average molecular weight is 449 g/mol. The summed E-state index contributed by atoms with van der Waals surface area (Å²) in [4.78, 5) is 3.70. The molecular formula is C20H24N4O2S3. The Kier molecular flexibility index (Phi) is 6.94. The smallest absolute Gasteiger partial charge is 0.209 e. The van der Waals surface area contributed by atoms with Gasteiger partial charge < -0.3 is 14.8 Å². The summed E-state index contributed by atoms with van der Waals surface area (Å²) in [5.74, 6) is 0.803. The van der Waals surface area contributed by atoms with Gasteiger partial charge in [0.1, 0.15) is 5.75 Å². The number of anilines is 2. The van der Waals surface area contributed by atoms with Crippen molar-refractivity contribution in [2.75, 3.05) is 25.6 Å². The fourth-order valence-corrected chi connectivity index (χ4v) is 5.09. The average Bonchev–Trinajstić information content (AvgIpc) is 3.47. The van der Waals surface area contributed by atoms with Crippen LogP contribution in [0.4, 0.5) is 10.8 Å². The van der Waals surface area contributed by atoms with Crippen LogP contribution in [0.15, 0.2) is 41.8 Å². The summed E-state index contributed by atoms with van der Waals surface area (Å²) in [6, 6.07) is 12.0. The summed E-state index contributed by atoms with van der Waals surface area (Å²) in [5, 5.41) is 10.9. The SMILES string of the molecule is COc1cccc(Nc2nn(CN(Cc3cccs3)C[C@@H]3CCCO3)c(=S)s2)c1. The van der Waals surface area contributed by atoms with Crippen LogP contribution in [-0.2, 0) is 18.0 Å².